The van der Waals surface area contributed by atoms with Crippen LogP contribution in [0.3, 0.4) is 0 Å². The van der Waals surface area contributed by atoms with Gasteiger partial charge in [0.05, 0.1) is 0 Å². The molecule has 1 atom stereocenters. The molecule has 0 bridgehead atoms. The van der Waals surface area contributed by atoms with Gasteiger partial charge in [-0.05, 0) is 30.4 Å². The van der Waals surface area contributed by atoms with Crippen molar-refractivity contribution in [1.29, 1.82) is 0 Å². The van der Waals surface area contributed by atoms with Crippen molar-refractivity contribution in [1.82, 2.24) is 19.8 Å². The van der Waals surface area contributed by atoms with Gasteiger partial charge in [-0.25, -0.2) is 9.86 Å². The van der Waals surface area contributed by atoms with Gasteiger partial charge in [0.1, 0.15) is 0 Å². The number of carbonyl (C=O) groups excluding carboxylic acids is 1. The van der Waals surface area contributed by atoms with Gasteiger partial charge in [-0.15, -0.1) is 10.2 Å². The van der Waals surface area contributed by atoms with Crippen LogP contribution in [0.1, 0.15) is 22.6 Å². The summed E-state index contributed by atoms with van der Waals surface area (Å²) in [6.45, 7) is 1.29. The molecule has 112 valence electrons. The zero-order valence-electron chi connectivity index (χ0n) is 10.5. The smallest absolute Gasteiger partial charge is 0.284 e. The Bertz CT molecular complexity index is 590. The van der Waals surface area contributed by atoms with E-state index in [1.807, 2.05) is 0 Å². The number of carbonyl (C=O) groups is 1. The van der Waals surface area contributed by atoms with Crippen LogP contribution in [-0.2, 0) is 10.2 Å². The summed E-state index contributed by atoms with van der Waals surface area (Å²) in [7, 11) is -3.70. The monoisotopic (exact) mass is 339 g/mol. The van der Waals surface area contributed by atoms with Gasteiger partial charge in [-0.3, -0.25) is 4.79 Å². The summed E-state index contributed by atoms with van der Waals surface area (Å²) in [6.07, 6.45) is 1.64. The van der Waals surface area contributed by atoms with Crippen molar-refractivity contribution in [2.75, 3.05) is 19.6 Å². The van der Waals surface area contributed by atoms with Crippen LogP contribution < -0.4 is 9.86 Å². The van der Waals surface area contributed by atoms with E-state index in [9.17, 15) is 13.2 Å². The minimum absolute atomic E-state index is 0.0365. The molecule has 8 nitrogen and oxygen atoms in total. The van der Waals surface area contributed by atoms with Gasteiger partial charge in [-0.1, -0.05) is 11.3 Å². The zero-order valence-corrected chi connectivity index (χ0v) is 12.8. The van der Waals surface area contributed by atoms with Crippen LogP contribution in [0.25, 0.3) is 0 Å². The third-order valence-electron chi connectivity index (χ3n) is 2.96. The lowest BCUT2D eigenvalue weighted by Gasteiger charge is -2.32. The molecular formula is C9H14ClN5O3S2. The van der Waals surface area contributed by atoms with Gasteiger partial charge < -0.3 is 4.90 Å². The first-order valence-corrected chi connectivity index (χ1v) is 8.65. The predicted molar refractivity (Wildman–Crippen MR) is 74.7 cm³/mol. The molecule has 0 aromatic carbocycles. The van der Waals surface area contributed by atoms with E-state index in [0.717, 1.165) is 24.2 Å². The Hall–Kier alpha value is -0.810. The van der Waals surface area contributed by atoms with E-state index in [0.29, 0.717) is 13.1 Å². The second-order valence-electron chi connectivity index (χ2n) is 4.51. The van der Waals surface area contributed by atoms with Crippen molar-refractivity contribution < 1.29 is 13.2 Å². The number of aromatic nitrogens is 2. The van der Waals surface area contributed by atoms with Crippen molar-refractivity contribution in [3.63, 3.8) is 0 Å². The van der Waals surface area contributed by atoms with E-state index in [4.69, 9.17) is 16.7 Å². The maximum Gasteiger partial charge on any atom is 0.284 e. The fourth-order valence-corrected chi connectivity index (χ4v) is 3.34. The third kappa shape index (κ3) is 4.35. The number of amides is 1. The van der Waals surface area contributed by atoms with E-state index in [-0.39, 0.29) is 27.8 Å². The van der Waals surface area contributed by atoms with Gasteiger partial charge in [0.15, 0.2) is 0 Å². The topological polar surface area (TPSA) is 118 Å². The normalized spacial score (nSPS) is 20.1. The highest BCUT2D eigenvalue weighted by molar-refractivity contribution is 7.87. The van der Waals surface area contributed by atoms with Crippen LogP contribution in [0.5, 0.6) is 0 Å². The fourth-order valence-electron chi connectivity index (χ4n) is 2.08. The number of hydrogen-bond donors (Lipinski definition) is 2. The lowest BCUT2D eigenvalue weighted by atomic mass is 9.98. The third-order valence-corrected chi connectivity index (χ3v) is 4.54. The highest BCUT2D eigenvalue weighted by atomic mass is 35.5. The molecule has 1 aromatic heterocycles. The van der Waals surface area contributed by atoms with Gasteiger partial charge in [-0.2, -0.15) is 8.42 Å². The van der Waals surface area contributed by atoms with Crippen molar-refractivity contribution in [2.24, 2.45) is 11.1 Å². The number of nitrogens with two attached hydrogens (primary N) is 1. The first-order chi connectivity index (χ1) is 9.35. The molecule has 11 heteroatoms. The number of halogens is 1. The Morgan fingerprint density at radius 3 is 2.90 bits per heavy atom. The van der Waals surface area contributed by atoms with E-state index in [2.05, 4.69) is 14.9 Å². The molecule has 0 spiro atoms. The molecule has 20 heavy (non-hydrogen) atoms. The molecular weight excluding hydrogens is 326 g/mol. The number of likely N-dealkylation sites (tertiary alicyclic amines) is 1. The zero-order chi connectivity index (χ0) is 14.8. The Morgan fingerprint density at radius 2 is 2.30 bits per heavy atom. The van der Waals surface area contributed by atoms with Crippen LogP contribution in [-0.4, -0.2) is 49.1 Å². The number of piperidine rings is 1. The molecule has 1 aliphatic heterocycles. The summed E-state index contributed by atoms with van der Waals surface area (Å²) in [5.41, 5.74) is 0. The summed E-state index contributed by atoms with van der Waals surface area (Å²) in [5, 5.41) is 12.4. The molecule has 0 radical (unpaired) electrons. The number of nitrogens with zero attached hydrogens (tertiary/aromatic N) is 3. The number of hydrogen-bond acceptors (Lipinski definition) is 6. The van der Waals surface area contributed by atoms with E-state index in [1.54, 1.807) is 4.90 Å². The summed E-state index contributed by atoms with van der Waals surface area (Å²) in [4.78, 5) is 13.8. The Balaban J connectivity index is 1.94. The summed E-state index contributed by atoms with van der Waals surface area (Å²) in [6, 6.07) is 0. The fraction of sp³-hybridized carbons (Fsp3) is 0.667. The lowest BCUT2D eigenvalue weighted by Crippen LogP contribution is -2.44. The van der Waals surface area contributed by atoms with Crippen molar-refractivity contribution in [3.05, 3.63) is 9.47 Å². The Kier molecular flexibility index (Phi) is 4.91. The van der Waals surface area contributed by atoms with E-state index >= 15 is 0 Å². The molecule has 0 saturated carbocycles. The Labute approximate surface area is 125 Å². The van der Waals surface area contributed by atoms with Crippen LogP contribution >= 0.6 is 22.9 Å². The van der Waals surface area contributed by atoms with Crippen LogP contribution in [0.15, 0.2) is 0 Å². The van der Waals surface area contributed by atoms with Crippen molar-refractivity contribution in [3.8, 4) is 0 Å². The largest absolute Gasteiger partial charge is 0.336 e. The van der Waals surface area contributed by atoms with Crippen molar-refractivity contribution in [2.45, 2.75) is 12.8 Å². The minimum Gasteiger partial charge on any atom is -0.336 e. The van der Waals surface area contributed by atoms with Gasteiger partial charge in [0.25, 0.3) is 16.1 Å². The SMILES string of the molecule is NS(=O)(=O)NCC1CCCN(C(=O)c2nnc(Cl)s2)C1. The quantitative estimate of drug-likeness (QED) is 0.790. The first kappa shape index (κ1) is 15.6. The van der Waals surface area contributed by atoms with E-state index in [1.165, 1.54) is 0 Å². The van der Waals surface area contributed by atoms with Gasteiger partial charge in [0.2, 0.25) is 9.47 Å². The average Bonchev–Trinajstić information content (AvgIpc) is 2.82. The maximum atomic E-state index is 12.2. The second-order valence-corrected chi connectivity index (χ2v) is 7.45. The molecule has 1 aliphatic rings. The number of rotatable bonds is 4. The van der Waals surface area contributed by atoms with Gasteiger partial charge in [0, 0.05) is 19.6 Å². The maximum absolute atomic E-state index is 12.2. The summed E-state index contributed by atoms with van der Waals surface area (Å²) in [5.74, 6) is -0.191. The van der Waals surface area contributed by atoms with Crippen LogP contribution in [0.2, 0.25) is 4.47 Å². The summed E-state index contributed by atoms with van der Waals surface area (Å²) >= 11 is 6.68. The molecule has 1 saturated heterocycles. The van der Waals surface area contributed by atoms with Crippen LogP contribution in [0, 0.1) is 5.92 Å². The molecule has 1 aromatic rings. The molecule has 1 unspecified atom stereocenters. The molecule has 1 amide bonds. The first-order valence-electron chi connectivity index (χ1n) is 5.91. The molecule has 0 aliphatic carbocycles. The van der Waals surface area contributed by atoms with Gasteiger partial charge >= 0.3 is 0 Å². The molecule has 2 heterocycles. The lowest BCUT2D eigenvalue weighted by molar-refractivity contribution is 0.0675. The average molecular weight is 340 g/mol. The van der Waals surface area contributed by atoms with E-state index < -0.39 is 10.2 Å². The molecule has 1 fully saturated rings. The standard InChI is InChI=1S/C9H14ClN5O3S2/c10-9-14-13-7(19-9)8(16)15-3-1-2-6(5-15)4-12-20(11,17)18/h6,12H,1-5H2,(H2,11,17,18). The minimum atomic E-state index is -3.70. The highest BCUT2D eigenvalue weighted by Crippen LogP contribution is 2.21. The molecule has 3 N–H and O–H groups in total. The summed E-state index contributed by atoms with van der Waals surface area (Å²) < 4.78 is 24.2. The van der Waals surface area contributed by atoms with Crippen LogP contribution in [0.4, 0.5) is 0 Å². The predicted octanol–water partition coefficient (Wildman–Crippen LogP) is -0.163. The Morgan fingerprint density at radius 1 is 1.55 bits per heavy atom. The highest BCUT2D eigenvalue weighted by Gasteiger charge is 2.27. The molecule has 2 rings (SSSR count). The second kappa shape index (κ2) is 6.31. The number of nitrogens with one attached hydrogen (secondary N) is 1. The van der Waals surface area contributed by atoms with Crippen molar-refractivity contribution >= 4 is 39.1 Å².